The van der Waals surface area contributed by atoms with E-state index < -0.39 is 5.97 Å². The average Bonchev–Trinajstić information content (AvgIpc) is 2.46. The summed E-state index contributed by atoms with van der Waals surface area (Å²) in [6.07, 6.45) is 1.54. The molecule has 0 saturated heterocycles. The number of carbonyl (C=O) groups is 1. The second-order valence-electron chi connectivity index (χ2n) is 4.38. The van der Waals surface area contributed by atoms with Crippen molar-refractivity contribution >= 4 is 17.6 Å². The standard InChI is InChI=1S/C17H16O4/c1-2-21-16-9-4-3-6-13(16)11-15(17(19)20)12-7-5-8-14(18)10-12/h3-11,18H,2H2,1H3,(H,19,20)/b15-11-. The first-order chi connectivity index (χ1) is 10.1. The van der Waals surface area contributed by atoms with Gasteiger partial charge in [0.1, 0.15) is 11.5 Å². The van der Waals surface area contributed by atoms with Gasteiger partial charge >= 0.3 is 5.97 Å². The Balaban J connectivity index is 2.50. The number of ether oxygens (including phenoxy) is 1. The number of phenolic OH excluding ortho intramolecular Hbond substituents is 1. The summed E-state index contributed by atoms with van der Waals surface area (Å²) in [6, 6.07) is 13.4. The Labute approximate surface area is 122 Å². The van der Waals surface area contributed by atoms with Crippen molar-refractivity contribution in [1.82, 2.24) is 0 Å². The molecule has 108 valence electrons. The molecule has 0 aliphatic rings. The van der Waals surface area contributed by atoms with E-state index in [1.54, 1.807) is 30.3 Å². The van der Waals surface area contributed by atoms with E-state index in [0.717, 1.165) is 0 Å². The predicted octanol–water partition coefficient (Wildman–Crippen LogP) is 3.42. The molecule has 0 aliphatic carbocycles. The Morgan fingerprint density at radius 3 is 2.62 bits per heavy atom. The van der Waals surface area contributed by atoms with Crippen LogP contribution in [0.4, 0.5) is 0 Å². The maximum Gasteiger partial charge on any atom is 0.336 e. The number of hydrogen-bond acceptors (Lipinski definition) is 3. The van der Waals surface area contributed by atoms with Gasteiger partial charge in [0.25, 0.3) is 0 Å². The highest BCUT2D eigenvalue weighted by Gasteiger charge is 2.12. The van der Waals surface area contributed by atoms with Crippen molar-refractivity contribution in [3.8, 4) is 11.5 Å². The van der Waals surface area contributed by atoms with Crippen molar-refractivity contribution in [2.45, 2.75) is 6.92 Å². The average molecular weight is 284 g/mol. The van der Waals surface area contributed by atoms with Crippen molar-refractivity contribution in [2.24, 2.45) is 0 Å². The van der Waals surface area contributed by atoms with Crippen LogP contribution in [0, 0.1) is 0 Å². The van der Waals surface area contributed by atoms with Crippen LogP contribution in [0.25, 0.3) is 11.6 Å². The van der Waals surface area contributed by atoms with Gasteiger partial charge in [-0.2, -0.15) is 0 Å². The van der Waals surface area contributed by atoms with E-state index >= 15 is 0 Å². The molecule has 0 atom stereocenters. The number of aromatic hydroxyl groups is 1. The summed E-state index contributed by atoms with van der Waals surface area (Å²) in [4.78, 5) is 11.5. The molecular formula is C17H16O4. The Morgan fingerprint density at radius 2 is 1.95 bits per heavy atom. The maximum atomic E-state index is 11.5. The van der Waals surface area contributed by atoms with Crippen molar-refractivity contribution < 1.29 is 19.7 Å². The van der Waals surface area contributed by atoms with Crippen LogP contribution >= 0.6 is 0 Å². The molecule has 4 nitrogen and oxygen atoms in total. The minimum absolute atomic E-state index is 0.0257. The highest BCUT2D eigenvalue weighted by atomic mass is 16.5. The molecule has 0 amide bonds. The number of para-hydroxylation sites is 1. The van der Waals surface area contributed by atoms with Crippen LogP contribution in [0.15, 0.2) is 48.5 Å². The van der Waals surface area contributed by atoms with Crippen molar-refractivity contribution in [1.29, 1.82) is 0 Å². The van der Waals surface area contributed by atoms with Crippen molar-refractivity contribution in [3.05, 3.63) is 59.7 Å². The minimum atomic E-state index is -1.06. The number of hydrogen-bond donors (Lipinski definition) is 2. The fourth-order valence-electron chi connectivity index (χ4n) is 1.98. The predicted molar refractivity (Wildman–Crippen MR) is 81.2 cm³/mol. The molecule has 4 heteroatoms. The fourth-order valence-corrected chi connectivity index (χ4v) is 1.98. The third-order valence-electron chi connectivity index (χ3n) is 2.91. The van der Waals surface area contributed by atoms with E-state index in [9.17, 15) is 15.0 Å². The molecule has 0 unspecified atom stereocenters. The first-order valence-electron chi connectivity index (χ1n) is 6.58. The monoisotopic (exact) mass is 284 g/mol. The summed E-state index contributed by atoms with van der Waals surface area (Å²) >= 11 is 0. The van der Waals surface area contributed by atoms with Crippen LogP contribution in [0.3, 0.4) is 0 Å². The smallest absolute Gasteiger partial charge is 0.336 e. The summed E-state index contributed by atoms with van der Waals surface area (Å²) in [5.74, 6) is -0.413. The second-order valence-corrected chi connectivity index (χ2v) is 4.38. The Hall–Kier alpha value is -2.75. The van der Waals surface area contributed by atoms with Gasteiger partial charge in [0, 0.05) is 5.56 Å². The normalized spacial score (nSPS) is 11.2. The van der Waals surface area contributed by atoms with E-state index in [-0.39, 0.29) is 11.3 Å². The SMILES string of the molecule is CCOc1ccccc1/C=C(\C(=O)O)c1cccc(O)c1. The zero-order valence-corrected chi connectivity index (χ0v) is 11.6. The first-order valence-corrected chi connectivity index (χ1v) is 6.58. The van der Waals surface area contributed by atoms with E-state index in [0.29, 0.717) is 23.5 Å². The van der Waals surface area contributed by atoms with Gasteiger partial charge in [-0.25, -0.2) is 4.79 Å². The Kier molecular flexibility index (Phi) is 4.61. The van der Waals surface area contributed by atoms with Gasteiger partial charge in [0.15, 0.2) is 0 Å². The van der Waals surface area contributed by atoms with Crippen LogP contribution in [0.1, 0.15) is 18.1 Å². The molecule has 2 aromatic rings. The summed E-state index contributed by atoms with van der Waals surface area (Å²) < 4.78 is 5.49. The lowest BCUT2D eigenvalue weighted by Gasteiger charge is -2.08. The first kappa shape index (κ1) is 14.7. The van der Waals surface area contributed by atoms with Crippen molar-refractivity contribution in [2.75, 3.05) is 6.61 Å². The van der Waals surface area contributed by atoms with Gasteiger partial charge in [-0.05, 0) is 36.8 Å². The van der Waals surface area contributed by atoms with E-state index in [2.05, 4.69) is 0 Å². The zero-order chi connectivity index (χ0) is 15.2. The van der Waals surface area contributed by atoms with Gasteiger partial charge in [0.2, 0.25) is 0 Å². The van der Waals surface area contributed by atoms with Gasteiger partial charge in [-0.1, -0.05) is 30.3 Å². The number of phenols is 1. The molecule has 0 aliphatic heterocycles. The van der Waals surface area contributed by atoms with Gasteiger partial charge in [-0.3, -0.25) is 0 Å². The summed E-state index contributed by atoms with van der Waals surface area (Å²) in [5, 5.41) is 18.9. The van der Waals surface area contributed by atoms with Crippen LogP contribution in [-0.4, -0.2) is 22.8 Å². The number of carboxylic acids is 1. The molecule has 0 spiro atoms. The fraction of sp³-hybridized carbons (Fsp3) is 0.118. The summed E-state index contributed by atoms with van der Waals surface area (Å²) in [7, 11) is 0. The topological polar surface area (TPSA) is 66.8 Å². The second kappa shape index (κ2) is 6.61. The molecule has 0 bridgehead atoms. The van der Waals surface area contributed by atoms with Crippen LogP contribution in [0.2, 0.25) is 0 Å². The van der Waals surface area contributed by atoms with Crippen LogP contribution < -0.4 is 4.74 Å². The lowest BCUT2D eigenvalue weighted by Crippen LogP contribution is -2.00. The Morgan fingerprint density at radius 1 is 1.19 bits per heavy atom. The largest absolute Gasteiger partial charge is 0.508 e. The van der Waals surface area contributed by atoms with E-state index in [1.165, 1.54) is 12.1 Å². The van der Waals surface area contributed by atoms with Crippen LogP contribution in [-0.2, 0) is 4.79 Å². The van der Waals surface area contributed by atoms with Gasteiger partial charge < -0.3 is 14.9 Å². The molecule has 0 heterocycles. The quantitative estimate of drug-likeness (QED) is 0.652. The van der Waals surface area contributed by atoms with Gasteiger partial charge in [-0.15, -0.1) is 0 Å². The molecule has 21 heavy (non-hydrogen) atoms. The van der Waals surface area contributed by atoms with Crippen LogP contribution in [0.5, 0.6) is 11.5 Å². The molecule has 2 rings (SSSR count). The van der Waals surface area contributed by atoms with E-state index in [4.69, 9.17) is 4.74 Å². The third-order valence-corrected chi connectivity index (χ3v) is 2.91. The Bertz CT molecular complexity index is 674. The molecular weight excluding hydrogens is 268 g/mol. The summed E-state index contributed by atoms with van der Waals surface area (Å²) in [6.45, 7) is 2.37. The molecule has 0 fully saturated rings. The lowest BCUT2D eigenvalue weighted by molar-refractivity contribution is -0.130. The van der Waals surface area contributed by atoms with E-state index in [1.807, 2.05) is 19.1 Å². The highest BCUT2D eigenvalue weighted by molar-refractivity contribution is 6.20. The number of rotatable bonds is 5. The molecule has 0 aromatic heterocycles. The molecule has 0 saturated carbocycles. The van der Waals surface area contributed by atoms with Crippen molar-refractivity contribution in [3.63, 3.8) is 0 Å². The minimum Gasteiger partial charge on any atom is -0.508 e. The zero-order valence-electron chi connectivity index (χ0n) is 11.6. The number of aliphatic carboxylic acids is 1. The highest BCUT2D eigenvalue weighted by Crippen LogP contribution is 2.26. The lowest BCUT2D eigenvalue weighted by atomic mass is 10.0. The maximum absolute atomic E-state index is 11.5. The number of benzene rings is 2. The molecule has 2 N–H and O–H groups in total. The third kappa shape index (κ3) is 3.63. The van der Waals surface area contributed by atoms with Gasteiger partial charge in [0.05, 0.1) is 12.2 Å². The molecule has 2 aromatic carbocycles. The summed E-state index contributed by atoms with van der Waals surface area (Å²) in [5.41, 5.74) is 1.21. The number of carboxylic acid groups (broad SMARTS) is 1. The molecule has 0 radical (unpaired) electrons.